The molecule has 0 aliphatic heterocycles. The van der Waals surface area contributed by atoms with Crippen LogP contribution in [0.5, 0.6) is 0 Å². The molecule has 0 atom stereocenters. The molecule has 0 amide bonds. The topological polar surface area (TPSA) is 49.4 Å². The fraction of sp³-hybridized carbons (Fsp3) is 0.600. The normalized spacial score (nSPS) is 12.9. The molecule has 0 bridgehead atoms. The van der Waals surface area contributed by atoms with Crippen LogP contribution in [0.4, 0.5) is 0 Å². The van der Waals surface area contributed by atoms with E-state index in [-0.39, 0.29) is 5.41 Å². The van der Waals surface area contributed by atoms with Crippen molar-refractivity contribution >= 4 is 10.0 Å². The molecule has 0 saturated heterocycles. The van der Waals surface area contributed by atoms with E-state index in [2.05, 4.69) is 25.5 Å². The average Bonchev–Trinajstić information content (AvgIpc) is 2.26. The van der Waals surface area contributed by atoms with Gasteiger partial charge in [-0.15, -0.1) is 0 Å². The van der Waals surface area contributed by atoms with E-state index < -0.39 is 10.0 Å². The van der Waals surface area contributed by atoms with Gasteiger partial charge >= 0.3 is 0 Å². The Kier molecular flexibility index (Phi) is 5.35. The maximum Gasteiger partial charge on any atom is 0.240 e. The van der Waals surface area contributed by atoms with E-state index in [4.69, 9.17) is 0 Å². The Morgan fingerprint density at radius 2 is 1.80 bits per heavy atom. The first-order valence-corrected chi connectivity index (χ1v) is 8.28. The first kappa shape index (κ1) is 17.1. The van der Waals surface area contributed by atoms with Crippen molar-refractivity contribution < 1.29 is 8.42 Å². The molecule has 0 aliphatic carbocycles. The van der Waals surface area contributed by atoms with Crippen molar-refractivity contribution in [2.24, 2.45) is 0 Å². The van der Waals surface area contributed by atoms with Crippen molar-refractivity contribution in [3.8, 4) is 0 Å². The van der Waals surface area contributed by atoms with Gasteiger partial charge in [0.2, 0.25) is 10.0 Å². The van der Waals surface area contributed by atoms with Crippen LogP contribution < -0.4 is 4.72 Å². The molecule has 0 radical (unpaired) electrons. The third-order valence-electron chi connectivity index (χ3n) is 3.18. The zero-order valence-electron chi connectivity index (χ0n) is 13.3. The predicted molar refractivity (Wildman–Crippen MR) is 83.6 cm³/mol. The van der Waals surface area contributed by atoms with Crippen molar-refractivity contribution in [1.29, 1.82) is 0 Å². The van der Waals surface area contributed by atoms with Crippen molar-refractivity contribution in [3.05, 3.63) is 29.3 Å². The summed E-state index contributed by atoms with van der Waals surface area (Å²) in [6.45, 7) is 9.28. The number of nitrogens with zero attached hydrogens (tertiary/aromatic N) is 1. The molecule has 0 fully saturated rings. The molecule has 0 heterocycles. The van der Waals surface area contributed by atoms with Gasteiger partial charge in [0.1, 0.15) is 0 Å². The number of aryl methyl sites for hydroxylation is 1. The van der Waals surface area contributed by atoms with Crippen molar-refractivity contribution in [3.63, 3.8) is 0 Å². The molecule has 1 aromatic rings. The molecule has 1 N–H and O–H groups in total. The molecule has 1 rings (SSSR count). The van der Waals surface area contributed by atoms with E-state index in [0.717, 1.165) is 11.1 Å². The fourth-order valence-electron chi connectivity index (χ4n) is 1.90. The Labute approximate surface area is 123 Å². The van der Waals surface area contributed by atoms with Gasteiger partial charge in [0.25, 0.3) is 0 Å². The van der Waals surface area contributed by atoms with Gasteiger partial charge in [0.15, 0.2) is 0 Å². The highest BCUT2D eigenvalue weighted by molar-refractivity contribution is 7.89. The standard InChI is InChI=1S/C15H26N2O2S/c1-12-11-13(15(2,3)4)7-8-14(12)20(18,19)16-9-10-17(5)6/h7-8,11,16H,9-10H2,1-6H3. The van der Waals surface area contributed by atoms with Crippen LogP contribution in [0, 0.1) is 6.92 Å². The molecule has 1 aromatic carbocycles. The zero-order valence-corrected chi connectivity index (χ0v) is 14.1. The lowest BCUT2D eigenvalue weighted by Gasteiger charge is -2.20. The number of hydrogen-bond acceptors (Lipinski definition) is 3. The molecule has 5 heteroatoms. The Morgan fingerprint density at radius 1 is 1.20 bits per heavy atom. The minimum Gasteiger partial charge on any atom is -0.308 e. The summed E-state index contributed by atoms with van der Waals surface area (Å²) in [5.74, 6) is 0. The molecule has 0 spiro atoms. The van der Waals surface area contributed by atoms with Crippen molar-refractivity contribution in [2.45, 2.75) is 38.0 Å². The Balaban J connectivity index is 2.97. The van der Waals surface area contributed by atoms with Crippen molar-refractivity contribution in [2.75, 3.05) is 27.2 Å². The molecule has 0 saturated carbocycles. The van der Waals surface area contributed by atoms with Crippen LogP contribution >= 0.6 is 0 Å². The third kappa shape index (κ3) is 4.58. The van der Waals surface area contributed by atoms with Gasteiger partial charge in [-0.25, -0.2) is 13.1 Å². The smallest absolute Gasteiger partial charge is 0.240 e. The Morgan fingerprint density at radius 3 is 2.25 bits per heavy atom. The minimum atomic E-state index is -3.43. The SMILES string of the molecule is Cc1cc(C(C)(C)C)ccc1S(=O)(=O)NCCN(C)C. The minimum absolute atomic E-state index is 0.0192. The summed E-state index contributed by atoms with van der Waals surface area (Å²) in [6.07, 6.45) is 0. The van der Waals surface area contributed by atoms with Gasteiger partial charge in [-0.05, 0) is 43.6 Å². The highest BCUT2D eigenvalue weighted by Gasteiger charge is 2.19. The summed E-state index contributed by atoms with van der Waals surface area (Å²) >= 11 is 0. The zero-order chi connectivity index (χ0) is 15.6. The lowest BCUT2D eigenvalue weighted by atomic mass is 9.86. The van der Waals surface area contributed by atoms with E-state index in [1.165, 1.54) is 0 Å². The highest BCUT2D eigenvalue weighted by atomic mass is 32.2. The second-order valence-electron chi connectivity index (χ2n) is 6.43. The van der Waals surface area contributed by atoms with Gasteiger partial charge in [0, 0.05) is 13.1 Å². The summed E-state index contributed by atoms with van der Waals surface area (Å²) in [4.78, 5) is 2.31. The molecule has 0 aromatic heterocycles. The summed E-state index contributed by atoms with van der Waals surface area (Å²) in [5.41, 5.74) is 1.95. The number of rotatable bonds is 5. The largest absolute Gasteiger partial charge is 0.308 e. The van der Waals surface area contributed by atoms with Crippen LogP contribution in [0.3, 0.4) is 0 Å². The number of benzene rings is 1. The first-order valence-electron chi connectivity index (χ1n) is 6.79. The van der Waals surface area contributed by atoms with Gasteiger partial charge in [0.05, 0.1) is 4.90 Å². The number of sulfonamides is 1. The van der Waals surface area contributed by atoms with Gasteiger partial charge < -0.3 is 4.90 Å². The predicted octanol–water partition coefficient (Wildman–Crippen LogP) is 2.13. The van der Waals surface area contributed by atoms with Crippen LogP contribution in [-0.4, -0.2) is 40.5 Å². The van der Waals surface area contributed by atoms with Crippen LogP contribution in [0.15, 0.2) is 23.1 Å². The van der Waals surface area contributed by atoms with Crippen LogP contribution in [0.25, 0.3) is 0 Å². The number of nitrogens with one attached hydrogen (secondary N) is 1. The average molecular weight is 298 g/mol. The van der Waals surface area contributed by atoms with Crippen LogP contribution in [0.1, 0.15) is 31.9 Å². The van der Waals surface area contributed by atoms with Gasteiger partial charge in [-0.1, -0.05) is 32.9 Å². The monoisotopic (exact) mass is 298 g/mol. The molecule has 0 unspecified atom stereocenters. The van der Waals surface area contributed by atoms with Crippen molar-refractivity contribution in [1.82, 2.24) is 9.62 Å². The molecule has 0 aliphatic rings. The summed E-state index contributed by atoms with van der Waals surface area (Å²) in [7, 11) is 0.403. The number of hydrogen-bond donors (Lipinski definition) is 1. The second-order valence-corrected chi connectivity index (χ2v) is 8.17. The van der Waals surface area contributed by atoms with Gasteiger partial charge in [-0.3, -0.25) is 0 Å². The number of likely N-dealkylation sites (N-methyl/N-ethyl adjacent to an activating group) is 1. The summed E-state index contributed by atoms with van der Waals surface area (Å²) in [6, 6.07) is 5.56. The Hall–Kier alpha value is -0.910. The molecular formula is C15H26N2O2S. The third-order valence-corrected chi connectivity index (χ3v) is 4.80. The van der Waals surface area contributed by atoms with Gasteiger partial charge in [-0.2, -0.15) is 0 Å². The lowest BCUT2D eigenvalue weighted by molar-refractivity contribution is 0.412. The summed E-state index contributed by atoms with van der Waals surface area (Å²) in [5, 5.41) is 0. The van der Waals surface area contributed by atoms with Crippen LogP contribution in [-0.2, 0) is 15.4 Å². The maximum absolute atomic E-state index is 12.3. The highest BCUT2D eigenvalue weighted by Crippen LogP contribution is 2.25. The molecule has 4 nitrogen and oxygen atoms in total. The lowest BCUT2D eigenvalue weighted by Crippen LogP contribution is -2.31. The quantitative estimate of drug-likeness (QED) is 0.906. The molecular weight excluding hydrogens is 272 g/mol. The van der Waals surface area contributed by atoms with Crippen LogP contribution in [0.2, 0.25) is 0 Å². The first-order chi connectivity index (χ1) is 9.04. The maximum atomic E-state index is 12.3. The molecule has 114 valence electrons. The van der Waals surface area contributed by atoms with E-state index >= 15 is 0 Å². The van der Waals surface area contributed by atoms with E-state index in [1.54, 1.807) is 6.07 Å². The second kappa shape index (κ2) is 6.24. The Bertz CT molecular complexity index is 558. The van der Waals surface area contributed by atoms with E-state index in [0.29, 0.717) is 18.0 Å². The summed E-state index contributed by atoms with van der Waals surface area (Å²) < 4.78 is 27.2. The molecule has 20 heavy (non-hydrogen) atoms. The van der Waals surface area contributed by atoms with E-state index in [1.807, 2.05) is 38.1 Å². The fourth-order valence-corrected chi connectivity index (χ4v) is 3.14. The van der Waals surface area contributed by atoms with E-state index in [9.17, 15) is 8.42 Å².